The largest absolute Gasteiger partial charge is 0.467 e. The minimum Gasteiger partial charge on any atom is -0.467 e. The van der Waals surface area contributed by atoms with E-state index in [9.17, 15) is 28.8 Å². The van der Waals surface area contributed by atoms with Crippen molar-refractivity contribution in [3.05, 3.63) is 71.9 Å². The fraction of sp³-hybridized carbons (Fsp3) is 0.375. The highest BCUT2D eigenvalue weighted by Crippen LogP contribution is 2.22. The van der Waals surface area contributed by atoms with Gasteiger partial charge in [-0.15, -0.1) is 0 Å². The van der Waals surface area contributed by atoms with Crippen LogP contribution in [0, 0.1) is 0 Å². The standard InChI is InChI=1S/C32H39N5O8/c1-32(2,3)45-31(43)36-23(14-15-27(33)39)28(40)34-24(17-21-18-37(19-38)26-13-9-8-12-22(21)26)29(41)35-25(30(42)44-4)16-20-10-6-5-7-11-20/h5-13,18-19,23-25H,14-17H2,1-4H3,(H2,33,39)(H,34,40)(H,35,41)(H,36,43)/t23-,24+,25-/m0/s1. The minimum atomic E-state index is -1.29. The Balaban J connectivity index is 1.95. The monoisotopic (exact) mass is 621 g/mol. The molecule has 1 heterocycles. The summed E-state index contributed by atoms with van der Waals surface area (Å²) in [4.78, 5) is 75.9. The number of carbonyl (C=O) groups excluding carboxylic acids is 6. The van der Waals surface area contributed by atoms with E-state index in [0.717, 1.165) is 5.56 Å². The zero-order valence-electron chi connectivity index (χ0n) is 25.7. The van der Waals surface area contributed by atoms with Crippen molar-refractivity contribution in [3.63, 3.8) is 0 Å². The lowest BCUT2D eigenvalue weighted by Gasteiger charge is -2.26. The molecule has 0 unspecified atom stereocenters. The van der Waals surface area contributed by atoms with Crippen LogP contribution in [0.3, 0.4) is 0 Å². The van der Waals surface area contributed by atoms with Crippen LogP contribution in [0.2, 0.25) is 0 Å². The summed E-state index contributed by atoms with van der Waals surface area (Å²) in [5.41, 5.74) is 6.34. The molecule has 0 aliphatic carbocycles. The van der Waals surface area contributed by atoms with Gasteiger partial charge in [-0.25, -0.2) is 9.59 Å². The van der Waals surface area contributed by atoms with Crippen molar-refractivity contribution >= 4 is 47.1 Å². The first-order chi connectivity index (χ1) is 21.3. The molecular formula is C32H39N5O8. The van der Waals surface area contributed by atoms with E-state index < -0.39 is 53.5 Å². The second-order valence-corrected chi connectivity index (χ2v) is 11.4. The number of para-hydroxylation sites is 1. The number of primary amides is 1. The number of nitrogens with zero attached hydrogens (tertiary/aromatic N) is 1. The number of esters is 1. The highest BCUT2D eigenvalue weighted by molar-refractivity contribution is 5.95. The van der Waals surface area contributed by atoms with Gasteiger partial charge in [0.15, 0.2) is 0 Å². The molecule has 4 amide bonds. The second-order valence-electron chi connectivity index (χ2n) is 11.4. The third-order valence-electron chi connectivity index (χ3n) is 6.77. The molecule has 5 N–H and O–H groups in total. The predicted molar refractivity (Wildman–Crippen MR) is 165 cm³/mol. The molecule has 0 bridgehead atoms. The summed E-state index contributed by atoms with van der Waals surface area (Å²) in [6, 6.07) is 12.4. The van der Waals surface area contributed by atoms with E-state index in [1.54, 1.807) is 75.5 Å². The van der Waals surface area contributed by atoms with Crippen LogP contribution in [-0.2, 0) is 46.3 Å². The predicted octanol–water partition coefficient (Wildman–Crippen LogP) is 1.77. The lowest BCUT2D eigenvalue weighted by atomic mass is 10.0. The van der Waals surface area contributed by atoms with E-state index in [4.69, 9.17) is 15.2 Å². The summed E-state index contributed by atoms with van der Waals surface area (Å²) in [5, 5.41) is 8.45. The molecule has 1 aromatic heterocycles. The van der Waals surface area contributed by atoms with Gasteiger partial charge in [-0.2, -0.15) is 0 Å². The summed E-state index contributed by atoms with van der Waals surface area (Å²) >= 11 is 0. The van der Waals surface area contributed by atoms with Crippen LogP contribution in [-0.4, -0.2) is 71.6 Å². The van der Waals surface area contributed by atoms with Gasteiger partial charge in [-0.3, -0.25) is 23.7 Å². The maximum atomic E-state index is 13.8. The SMILES string of the molecule is COC(=O)[C@H](Cc1ccccc1)NC(=O)[C@@H](Cc1cn(C=O)c2ccccc12)NC(=O)[C@H](CCC(N)=O)NC(=O)OC(C)(C)C. The van der Waals surface area contributed by atoms with Crippen molar-refractivity contribution in [1.29, 1.82) is 0 Å². The number of alkyl carbamates (subject to hydrolysis) is 1. The number of amides is 4. The van der Waals surface area contributed by atoms with Gasteiger partial charge in [0.2, 0.25) is 24.1 Å². The number of hydrogen-bond donors (Lipinski definition) is 4. The first-order valence-electron chi connectivity index (χ1n) is 14.3. The van der Waals surface area contributed by atoms with Crippen LogP contribution in [0.4, 0.5) is 4.79 Å². The molecule has 0 aliphatic rings. The average molecular weight is 622 g/mol. The van der Waals surface area contributed by atoms with Crippen molar-refractivity contribution in [3.8, 4) is 0 Å². The highest BCUT2D eigenvalue weighted by atomic mass is 16.6. The second kappa shape index (κ2) is 15.5. The Morgan fingerprint density at radius 3 is 2.11 bits per heavy atom. The Hall–Kier alpha value is -5.20. The van der Waals surface area contributed by atoms with Crippen LogP contribution >= 0.6 is 0 Å². The number of hydrogen-bond acceptors (Lipinski definition) is 8. The number of fused-ring (bicyclic) bond motifs is 1. The first kappa shape index (κ1) is 34.3. The maximum absolute atomic E-state index is 13.8. The molecule has 3 aromatic rings. The number of nitrogens with two attached hydrogens (primary N) is 1. The molecule has 13 heteroatoms. The van der Waals surface area contributed by atoms with Gasteiger partial charge in [-0.05, 0) is 44.4 Å². The number of ether oxygens (including phenoxy) is 2. The molecule has 240 valence electrons. The normalized spacial score (nSPS) is 13.2. The summed E-state index contributed by atoms with van der Waals surface area (Å²) in [7, 11) is 1.20. The van der Waals surface area contributed by atoms with E-state index in [0.29, 0.717) is 22.9 Å². The summed E-state index contributed by atoms with van der Waals surface area (Å²) in [5.74, 6) is -2.90. The number of nitrogens with one attached hydrogen (secondary N) is 3. The number of methoxy groups -OCH3 is 1. The Kier molecular flexibility index (Phi) is 11.8. The molecule has 0 saturated carbocycles. The first-order valence-corrected chi connectivity index (χ1v) is 14.3. The van der Waals surface area contributed by atoms with Crippen molar-refractivity contribution in [2.45, 2.75) is 70.2 Å². The zero-order chi connectivity index (χ0) is 33.1. The van der Waals surface area contributed by atoms with E-state index in [-0.39, 0.29) is 25.7 Å². The number of benzene rings is 2. The van der Waals surface area contributed by atoms with E-state index in [2.05, 4.69) is 16.0 Å². The number of carbonyl (C=O) groups is 6. The molecule has 3 rings (SSSR count). The molecule has 2 aromatic carbocycles. The molecule has 0 spiro atoms. The lowest BCUT2D eigenvalue weighted by molar-refractivity contribution is -0.145. The molecule has 0 radical (unpaired) electrons. The van der Waals surface area contributed by atoms with Crippen LogP contribution in [0.1, 0.15) is 44.7 Å². The highest BCUT2D eigenvalue weighted by Gasteiger charge is 2.32. The van der Waals surface area contributed by atoms with Gasteiger partial charge < -0.3 is 31.2 Å². The molecular weight excluding hydrogens is 582 g/mol. The Morgan fingerprint density at radius 2 is 1.49 bits per heavy atom. The molecule has 13 nitrogen and oxygen atoms in total. The van der Waals surface area contributed by atoms with Crippen molar-refractivity contribution in [1.82, 2.24) is 20.5 Å². The number of aromatic nitrogens is 1. The topological polar surface area (TPSA) is 188 Å². The fourth-order valence-electron chi connectivity index (χ4n) is 4.69. The molecule has 0 fully saturated rings. The van der Waals surface area contributed by atoms with Crippen molar-refractivity contribution in [2.75, 3.05) is 7.11 Å². The van der Waals surface area contributed by atoms with Crippen molar-refractivity contribution < 1.29 is 38.2 Å². The Bertz CT molecular complexity index is 1530. The third kappa shape index (κ3) is 10.2. The number of rotatable bonds is 14. The third-order valence-corrected chi connectivity index (χ3v) is 6.77. The smallest absolute Gasteiger partial charge is 0.408 e. The Labute approximate surface area is 260 Å². The Morgan fingerprint density at radius 1 is 0.867 bits per heavy atom. The maximum Gasteiger partial charge on any atom is 0.408 e. The molecule has 0 aliphatic heterocycles. The van der Waals surface area contributed by atoms with Crippen LogP contribution in [0.15, 0.2) is 60.8 Å². The zero-order valence-corrected chi connectivity index (χ0v) is 25.7. The van der Waals surface area contributed by atoms with Crippen LogP contribution in [0.25, 0.3) is 10.9 Å². The van der Waals surface area contributed by atoms with Crippen LogP contribution < -0.4 is 21.7 Å². The quantitative estimate of drug-likeness (QED) is 0.155. The van der Waals surface area contributed by atoms with E-state index >= 15 is 0 Å². The van der Waals surface area contributed by atoms with Gasteiger partial charge in [-0.1, -0.05) is 48.5 Å². The van der Waals surface area contributed by atoms with Gasteiger partial charge in [0, 0.05) is 30.8 Å². The van der Waals surface area contributed by atoms with Gasteiger partial charge in [0.05, 0.1) is 12.6 Å². The average Bonchev–Trinajstić information content (AvgIpc) is 3.35. The molecule has 45 heavy (non-hydrogen) atoms. The fourth-order valence-corrected chi connectivity index (χ4v) is 4.69. The molecule has 3 atom stereocenters. The van der Waals surface area contributed by atoms with Crippen LogP contribution in [0.5, 0.6) is 0 Å². The van der Waals surface area contributed by atoms with Gasteiger partial charge >= 0.3 is 12.1 Å². The van der Waals surface area contributed by atoms with Crippen molar-refractivity contribution in [2.24, 2.45) is 5.73 Å². The van der Waals surface area contributed by atoms with Gasteiger partial charge in [0.25, 0.3) is 0 Å². The summed E-state index contributed by atoms with van der Waals surface area (Å²) < 4.78 is 11.6. The lowest BCUT2D eigenvalue weighted by Crippen LogP contribution is -2.57. The summed E-state index contributed by atoms with van der Waals surface area (Å²) in [6.45, 7) is 4.94. The molecule has 0 saturated heterocycles. The van der Waals surface area contributed by atoms with E-state index in [1.165, 1.54) is 11.7 Å². The summed E-state index contributed by atoms with van der Waals surface area (Å²) in [6.07, 6.45) is 0.888. The van der Waals surface area contributed by atoms with Gasteiger partial charge in [0.1, 0.15) is 23.7 Å². The minimum absolute atomic E-state index is 0.0901. The van der Waals surface area contributed by atoms with E-state index in [1.807, 2.05) is 6.07 Å².